The zero-order valence-electron chi connectivity index (χ0n) is 20.7. The number of rotatable bonds is 5. The minimum atomic E-state index is -0.638. The van der Waals surface area contributed by atoms with Gasteiger partial charge in [0.05, 0.1) is 21.5 Å². The number of nitrogens with zero attached hydrogens (tertiary/aromatic N) is 6. The van der Waals surface area contributed by atoms with E-state index < -0.39 is 16.9 Å². The maximum absolute atomic E-state index is 12.1. The Balaban J connectivity index is 1.28. The molecule has 5 aliphatic rings. The monoisotopic (exact) mass is 509 g/mol. The van der Waals surface area contributed by atoms with Crippen LogP contribution in [0.15, 0.2) is 17.3 Å². The number of carbonyl (C=O) groups is 1. The molecule has 4 bridgehead atoms. The smallest absolute Gasteiger partial charge is 0.309 e. The van der Waals surface area contributed by atoms with Crippen molar-refractivity contribution in [2.24, 2.45) is 28.2 Å². The van der Waals surface area contributed by atoms with Gasteiger partial charge in [0.15, 0.2) is 0 Å². The van der Waals surface area contributed by atoms with Gasteiger partial charge in [0.25, 0.3) is 0 Å². The van der Waals surface area contributed by atoms with Crippen molar-refractivity contribution in [1.29, 1.82) is 10.5 Å². The Kier molecular flexibility index (Phi) is 6.34. The van der Waals surface area contributed by atoms with Crippen LogP contribution in [-0.4, -0.2) is 64.6 Å². The minimum absolute atomic E-state index is 0.156. The van der Waals surface area contributed by atoms with Crippen LogP contribution < -0.4 is 10.2 Å². The Morgan fingerprint density at radius 1 is 1.22 bits per heavy atom. The van der Waals surface area contributed by atoms with E-state index >= 15 is 0 Å². The Morgan fingerprint density at radius 2 is 1.89 bits per heavy atom. The second kappa shape index (κ2) is 9.21. The Morgan fingerprint density at radius 3 is 2.44 bits per heavy atom. The van der Waals surface area contributed by atoms with Gasteiger partial charge < -0.3 is 15.3 Å². The molecular formula is C26H32ClN7O2. The molecule has 2 unspecified atom stereocenters. The molecule has 9 nitrogen and oxygen atoms in total. The van der Waals surface area contributed by atoms with E-state index in [0.717, 1.165) is 32.4 Å². The first-order chi connectivity index (χ1) is 17.2. The van der Waals surface area contributed by atoms with Crippen LogP contribution in [0, 0.1) is 46.0 Å². The van der Waals surface area contributed by atoms with Crippen LogP contribution in [-0.2, 0) is 4.79 Å². The van der Waals surface area contributed by atoms with E-state index in [0.29, 0.717) is 65.9 Å². The largest absolute Gasteiger partial charge is 0.481 e. The maximum atomic E-state index is 12.1. The molecule has 1 saturated heterocycles. The quantitative estimate of drug-likeness (QED) is 0.351. The molecule has 0 aromatic carbocycles. The van der Waals surface area contributed by atoms with Gasteiger partial charge in [-0.05, 0) is 69.8 Å². The lowest BCUT2D eigenvalue weighted by atomic mass is 9.48. The molecule has 6 rings (SSSR count). The summed E-state index contributed by atoms with van der Waals surface area (Å²) in [4.78, 5) is 25.2. The van der Waals surface area contributed by atoms with Crippen LogP contribution in [0.25, 0.3) is 0 Å². The first-order valence-electron chi connectivity index (χ1n) is 12.7. The lowest BCUT2D eigenvalue weighted by Crippen LogP contribution is -2.66. The molecule has 0 spiro atoms. The number of aliphatic carboxylic acids is 1. The molecule has 5 fully saturated rings. The lowest BCUT2D eigenvalue weighted by Gasteiger charge is -2.59. The second-order valence-corrected chi connectivity index (χ2v) is 11.9. The fourth-order valence-corrected chi connectivity index (χ4v) is 7.71. The predicted molar refractivity (Wildman–Crippen MR) is 135 cm³/mol. The molecule has 10 heteroatoms. The van der Waals surface area contributed by atoms with E-state index in [2.05, 4.69) is 45.0 Å². The van der Waals surface area contributed by atoms with E-state index in [-0.39, 0.29) is 6.04 Å². The van der Waals surface area contributed by atoms with Gasteiger partial charge in [-0.2, -0.15) is 15.5 Å². The summed E-state index contributed by atoms with van der Waals surface area (Å²) in [5.41, 5.74) is -0.623. The molecule has 2 atom stereocenters. The summed E-state index contributed by atoms with van der Waals surface area (Å²) in [6, 6.07) is 3.86. The van der Waals surface area contributed by atoms with Crippen molar-refractivity contribution in [2.75, 3.05) is 31.1 Å². The summed E-state index contributed by atoms with van der Waals surface area (Å²) >= 11 is 6.39. The molecule has 4 saturated carbocycles. The molecule has 1 aromatic heterocycles. The standard InChI is InChI=1S/C26H32ClN7O2/c1-25(2,34-5-3-33(4-6-34)22-20(27)9-17(13-28)14-30-22)23(31-15-29)32-21-18-7-16-8-19(21)12-26(10-16,11-18)24(35)36/h9,14,16,18-19,21H,3-8,10-12H2,1-2H3,(H,31,32)(H,35,36). The van der Waals surface area contributed by atoms with Crippen LogP contribution in [0.4, 0.5) is 5.82 Å². The van der Waals surface area contributed by atoms with Crippen molar-refractivity contribution in [3.8, 4) is 12.3 Å². The number of aliphatic imine (C=N–C) groups is 1. The molecule has 1 aromatic rings. The number of aromatic nitrogens is 1. The van der Waals surface area contributed by atoms with Crippen molar-refractivity contribution < 1.29 is 9.90 Å². The molecule has 2 N–H and O–H groups in total. The number of pyridine rings is 1. The zero-order chi connectivity index (χ0) is 25.7. The average molecular weight is 510 g/mol. The number of amidine groups is 1. The molecule has 2 heterocycles. The van der Waals surface area contributed by atoms with Crippen LogP contribution >= 0.6 is 11.6 Å². The number of carboxylic acids is 1. The maximum Gasteiger partial charge on any atom is 0.309 e. The Bertz CT molecular complexity index is 1150. The average Bonchev–Trinajstić information content (AvgIpc) is 2.85. The minimum Gasteiger partial charge on any atom is -0.481 e. The highest BCUT2D eigenvalue weighted by Gasteiger charge is 2.59. The topological polar surface area (TPSA) is 129 Å². The Labute approximate surface area is 216 Å². The SMILES string of the molecule is CC(C)(/C(=N/C#N)NC1C2CC3CC1CC(C(=O)O)(C3)C2)N1CCN(c2ncc(C#N)cc2Cl)CC1. The number of nitriles is 2. The van der Waals surface area contributed by atoms with Gasteiger partial charge >= 0.3 is 5.97 Å². The van der Waals surface area contributed by atoms with Gasteiger partial charge in [-0.15, -0.1) is 0 Å². The first-order valence-corrected chi connectivity index (χ1v) is 13.1. The van der Waals surface area contributed by atoms with Gasteiger partial charge in [0, 0.05) is 38.4 Å². The number of hydrogen-bond acceptors (Lipinski definition) is 7. The fraction of sp³-hybridized carbons (Fsp3) is 0.654. The third kappa shape index (κ3) is 4.19. The number of halogens is 1. The van der Waals surface area contributed by atoms with Crippen molar-refractivity contribution >= 4 is 29.2 Å². The summed E-state index contributed by atoms with van der Waals surface area (Å²) in [5.74, 6) is 1.80. The molecule has 0 amide bonds. The molecular weight excluding hydrogens is 478 g/mol. The first kappa shape index (κ1) is 24.8. The highest BCUT2D eigenvalue weighted by atomic mass is 35.5. The normalized spacial score (nSPS) is 32.1. The van der Waals surface area contributed by atoms with Crippen LogP contribution in [0.3, 0.4) is 0 Å². The van der Waals surface area contributed by atoms with Crippen molar-refractivity contribution in [2.45, 2.75) is 57.5 Å². The third-order valence-corrected chi connectivity index (χ3v) is 9.37. The molecule has 0 radical (unpaired) electrons. The van der Waals surface area contributed by atoms with E-state index in [1.807, 2.05) is 6.19 Å². The predicted octanol–water partition coefficient (Wildman–Crippen LogP) is 3.26. The number of carboxylic acid groups (broad SMARTS) is 1. The van der Waals surface area contributed by atoms with Gasteiger partial charge in [0.2, 0.25) is 6.19 Å². The number of nitrogens with one attached hydrogen (secondary N) is 1. The summed E-state index contributed by atoms with van der Waals surface area (Å²) < 4.78 is 0. The lowest BCUT2D eigenvalue weighted by molar-refractivity contribution is -0.166. The number of hydrogen-bond donors (Lipinski definition) is 2. The second-order valence-electron chi connectivity index (χ2n) is 11.5. The highest BCUT2D eigenvalue weighted by Crippen LogP contribution is 2.60. The zero-order valence-corrected chi connectivity index (χ0v) is 21.5. The fourth-order valence-electron chi connectivity index (χ4n) is 7.43. The van der Waals surface area contributed by atoms with E-state index in [4.69, 9.17) is 16.9 Å². The van der Waals surface area contributed by atoms with Crippen molar-refractivity contribution in [3.05, 3.63) is 22.8 Å². The van der Waals surface area contributed by atoms with E-state index in [1.54, 1.807) is 12.3 Å². The van der Waals surface area contributed by atoms with E-state index in [1.165, 1.54) is 0 Å². The Hall–Kier alpha value is -2.88. The van der Waals surface area contributed by atoms with Gasteiger partial charge in [-0.1, -0.05) is 11.6 Å². The van der Waals surface area contributed by atoms with Crippen LogP contribution in [0.1, 0.15) is 51.5 Å². The van der Waals surface area contributed by atoms with Crippen molar-refractivity contribution in [3.63, 3.8) is 0 Å². The van der Waals surface area contributed by atoms with Crippen molar-refractivity contribution in [1.82, 2.24) is 15.2 Å². The summed E-state index contributed by atoms with van der Waals surface area (Å²) in [7, 11) is 0. The van der Waals surface area contributed by atoms with E-state index in [9.17, 15) is 15.2 Å². The highest BCUT2D eigenvalue weighted by molar-refractivity contribution is 6.33. The summed E-state index contributed by atoms with van der Waals surface area (Å²) in [6.45, 7) is 7.07. The summed E-state index contributed by atoms with van der Waals surface area (Å²) in [5, 5.41) is 32.7. The number of anilines is 1. The third-order valence-electron chi connectivity index (χ3n) is 9.09. The molecule has 4 aliphatic carbocycles. The van der Waals surface area contributed by atoms with Gasteiger partial charge in [-0.3, -0.25) is 9.69 Å². The van der Waals surface area contributed by atoms with Gasteiger partial charge in [-0.25, -0.2) is 4.98 Å². The van der Waals surface area contributed by atoms with Crippen LogP contribution in [0.5, 0.6) is 0 Å². The number of piperazine rings is 1. The molecule has 36 heavy (non-hydrogen) atoms. The van der Waals surface area contributed by atoms with Gasteiger partial charge in [0.1, 0.15) is 17.7 Å². The molecule has 1 aliphatic heterocycles. The summed E-state index contributed by atoms with van der Waals surface area (Å²) in [6.07, 6.45) is 7.90. The van der Waals surface area contributed by atoms with Crippen LogP contribution in [0.2, 0.25) is 5.02 Å². The molecule has 190 valence electrons.